The third-order valence-corrected chi connectivity index (χ3v) is 19.8. The second-order valence-electron chi connectivity index (χ2n) is 18.8. The van der Waals surface area contributed by atoms with E-state index in [4.69, 9.17) is 0 Å². The molecule has 0 spiro atoms. The number of hydrogen-bond acceptors (Lipinski definition) is 0. The van der Waals surface area contributed by atoms with Crippen LogP contribution >= 0.6 is 0 Å². The first kappa shape index (κ1) is 47.9. The normalized spacial score (nSPS) is 15.4. The van der Waals surface area contributed by atoms with Gasteiger partial charge in [-0.25, -0.2) is 0 Å². The quantitative estimate of drug-likeness (QED) is 0.157. The molecule has 310 valence electrons. The van der Waals surface area contributed by atoms with E-state index in [1.54, 1.807) is 12.1 Å². The molecular formula is C49H54Cl2F6Zr. The predicted octanol–water partition coefficient (Wildman–Crippen LogP) is 7.92. The van der Waals surface area contributed by atoms with Crippen molar-refractivity contribution in [3.8, 4) is 11.1 Å². The van der Waals surface area contributed by atoms with Crippen LogP contribution in [-0.2, 0) is 50.9 Å². The molecule has 0 bridgehead atoms. The molecular weight excluding hydrogens is 865 g/mol. The van der Waals surface area contributed by atoms with Crippen LogP contribution in [-0.4, -0.2) is 3.21 Å². The van der Waals surface area contributed by atoms with Crippen LogP contribution in [0.4, 0.5) is 26.3 Å². The van der Waals surface area contributed by atoms with Gasteiger partial charge >= 0.3 is 339 Å². The summed E-state index contributed by atoms with van der Waals surface area (Å²) < 4.78 is 90.3. The van der Waals surface area contributed by atoms with Crippen LogP contribution in [0.25, 0.3) is 11.1 Å². The van der Waals surface area contributed by atoms with Gasteiger partial charge in [-0.1, -0.05) is 0 Å². The van der Waals surface area contributed by atoms with Gasteiger partial charge in [0.1, 0.15) is 0 Å². The summed E-state index contributed by atoms with van der Waals surface area (Å²) in [6.07, 6.45) is -3.26. The largest absolute Gasteiger partial charge is 1.00 e. The molecule has 0 aliphatic heterocycles. The summed E-state index contributed by atoms with van der Waals surface area (Å²) in [6.45, 7) is 26.1. The maximum Gasteiger partial charge on any atom is -1.00 e. The molecule has 1 unspecified atom stereocenters. The van der Waals surface area contributed by atoms with Gasteiger partial charge < -0.3 is 24.8 Å². The maximum absolute atomic E-state index is 14.5. The molecule has 2 aliphatic rings. The molecule has 0 fully saturated rings. The fourth-order valence-corrected chi connectivity index (χ4v) is 17.9. The number of allylic oxidation sites excluding steroid dienone is 4. The van der Waals surface area contributed by atoms with Crippen molar-refractivity contribution in [1.29, 1.82) is 0 Å². The minimum absolute atomic E-state index is 0. The molecule has 9 heteroatoms. The Kier molecular flexibility index (Phi) is 13.7. The van der Waals surface area contributed by atoms with Gasteiger partial charge in [-0.05, 0) is 0 Å². The van der Waals surface area contributed by atoms with Crippen molar-refractivity contribution in [1.82, 2.24) is 0 Å². The van der Waals surface area contributed by atoms with Crippen molar-refractivity contribution in [2.75, 3.05) is 0 Å². The van der Waals surface area contributed by atoms with Crippen molar-refractivity contribution in [3.05, 3.63) is 143 Å². The van der Waals surface area contributed by atoms with Crippen molar-refractivity contribution >= 4 is 6.48 Å². The van der Waals surface area contributed by atoms with Crippen LogP contribution in [0.15, 0.2) is 87.7 Å². The van der Waals surface area contributed by atoms with Crippen LogP contribution in [0.5, 0.6) is 0 Å². The van der Waals surface area contributed by atoms with Crippen LogP contribution < -0.4 is 28.1 Å². The number of alkyl halides is 6. The number of benzene rings is 4. The molecule has 0 amide bonds. The van der Waals surface area contributed by atoms with Crippen molar-refractivity contribution in [3.63, 3.8) is 0 Å². The summed E-state index contributed by atoms with van der Waals surface area (Å²) >= 11 is -3.87. The Balaban J connectivity index is 0.00000372. The Bertz CT molecular complexity index is 2260. The second kappa shape index (κ2) is 16.6. The fraction of sp³-hybridized carbons (Fsp3) is 0.408. The van der Waals surface area contributed by atoms with Crippen LogP contribution in [0.1, 0.15) is 131 Å². The summed E-state index contributed by atoms with van der Waals surface area (Å²) in [5.74, 6) is -0.00270. The van der Waals surface area contributed by atoms with E-state index in [1.807, 2.05) is 0 Å². The number of halogens is 8. The van der Waals surface area contributed by atoms with Gasteiger partial charge in [0.05, 0.1) is 0 Å². The molecule has 0 nitrogen and oxygen atoms in total. The van der Waals surface area contributed by atoms with Gasteiger partial charge in [-0.15, -0.1) is 0 Å². The van der Waals surface area contributed by atoms with E-state index in [-0.39, 0.29) is 47.0 Å². The molecule has 1 atom stereocenters. The van der Waals surface area contributed by atoms with Gasteiger partial charge in [0, 0.05) is 0 Å². The van der Waals surface area contributed by atoms with Crippen LogP contribution in [0.2, 0.25) is 0 Å². The summed E-state index contributed by atoms with van der Waals surface area (Å²) in [5, 5.41) is 0. The van der Waals surface area contributed by atoms with Gasteiger partial charge in [0.25, 0.3) is 0 Å². The molecule has 2 aliphatic carbocycles. The van der Waals surface area contributed by atoms with Gasteiger partial charge in [-0.3, -0.25) is 0 Å². The average molecular weight is 919 g/mol. The molecule has 0 radical (unpaired) electrons. The summed E-state index contributed by atoms with van der Waals surface area (Å²) in [7, 11) is 0. The topological polar surface area (TPSA) is 0 Å². The molecule has 0 heterocycles. The molecule has 0 saturated heterocycles. The Morgan fingerprint density at radius 3 is 1.60 bits per heavy atom. The zero-order valence-corrected chi connectivity index (χ0v) is 39.5. The summed E-state index contributed by atoms with van der Waals surface area (Å²) in [5.41, 5.74) is 8.99. The van der Waals surface area contributed by atoms with Crippen LogP contribution in [0.3, 0.4) is 0 Å². The fourth-order valence-electron chi connectivity index (χ4n) is 8.80. The minimum atomic E-state index is -4.63. The van der Waals surface area contributed by atoms with Crippen LogP contribution in [0, 0.1) is 25.2 Å². The first-order valence-electron chi connectivity index (χ1n) is 19.6. The van der Waals surface area contributed by atoms with E-state index >= 15 is 0 Å². The zero-order valence-electron chi connectivity index (χ0n) is 35.5. The molecule has 0 saturated carbocycles. The monoisotopic (exact) mass is 916 g/mol. The third kappa shape index (κ3) is 9.28. The SMILES string of the molecule is CCC1C=C(C(C)(C)C)C=[C]1[Zr+2](=[C](c1cccc(C(F)(F)F)c1)c1cccc(C(F)(F)F)c1)[c]1c(C)c(C(C)(C)C)cc2c1Cc1cc(C)c(C(C)(C)C)cc1-2.[Cl-].[Cl-]. The number of hydrogen-bond donors (Lipinski definition) is 0. The van der Waals surface area contributed by atoms with Gasteiger partial charge in [-0.2, -0.15) is 0 Å². The Morgan fingerprint density at radius 1 is 0.655 bits per heavy atom. The summed E-state index contributed by atoms with van der Waals surface area (Å²) in [6, 6.07) is 17.6. The van der Waals surface area contributed by atoms with Crippen molar-refractivity contribution in [2.45, 2.75) is 119 Å². The second-order valence-corrected chi connectivity index (χ2v) is 24.6. The third-order valence-electron chi connectivity index (χ3n) is 11.6. The van der Waals surface area contributed by atoms with E-state index in [0.717, 1.165) is 40.8 Å². The molecule has 0 aromatic heterocycles. The average Bonchev–Trinajstić information content (AvgIpc) is 3.66. The van der Waals surface area contributed by atoms with E-state index < -0.39 is 44.7 Å². The predicted molar refractivity (Wildman–Crippen MR) is 217 cm³/mol. The standard InChI is InChI=1S/C23H29.C15H8F6.C11H17.2ClH.Zr/c1-14-9-16-11-17-10-15(2)21(23(6,7)8)13-19(17)18(16)12-20(14)22(3,4)5;16-14(17,18)12-5-1-3-10(8-12)7-11-4-2-6-13(9-11)15(19,20)21;1-5-9-6-7-10(8-9)11(2,3)4;;;/h9,12-13H,11H2,1-8H3;1-6,8-9H;7-9H,5H2,1-4H3;2*1H;/q;;;;;+2/p-2. The smallest absolute Gasteiger partial charge is 1.00 e. The minimum Gasteiger partial charge on any atom is -1.00 e. The van der Waals surface area contributed by atoms with E-state index in [2.05, 4.69) is 113 Å². The first-order chi connectivity index (χ1) is 25.7. The Hall–Kier alpha value is -2.73. The molecule has 4 aromatic rings. The molecule has 0 N–H and O–H groups in total. The van der Waals surface area contributed by atoms with Crippen molar-refractivity contribution < 1.29 is 72.4 Å². The zero-order chi connectivity index (χ0) is 41.5. The Labute approximate surface area is 361 Å². The molecule has 6 rings (SSSR count). The number of fused-ring (bicyclic) bond motifs is 3. The maximum atomic E-state index is 14.5. The Morgan fingerprint density at radius 2 is 1.16 bits per heavy atom. The number of aryl methyl sites for hydroxylation is 1. The van der Waals surface area contributed by atoms with E-state index in [0.29, 0.717) is 20.8 Å². The molecule has 4 aromatic carbocycles. The van der Waals surface area contributed by atoms with E-state index in [1.165, 1.54) is 58.6 Å². The van der Waals surface area contributed by atoms with Gasteiger partial charge in [0.2, 0.25) is 0 Å². The van der Waals surface area contributed by atoms with Crippen molar-refractivity contribution in [2.24, 2.45) is 11.3 Å². The number of rotatable bonds is 5. The van der Waals surface area contributed by atoms with Gasteiger partial charge in [0.15, 0.2) is 0 Å². The van der Waals surface area contributed by atoms with E-state index in [9.17, 15) is 26.3 Å². The molecule has 58 heavy (non-hydrogen) atoms. The summed E-state index contributed by atoms with van der Waals surface area (Å²) in [4.78, 5) is 0. The first-order valence-corrected chi connectivity index (χ1v) is 23.3.